The van der Waals surface area contributed by atoms with Gasteiger partial charge in [-0.15, -0.1) is 0 Å². The van der Waals surface area contributed by atoms with E-state index in [1.54, 1.807) is 6.20 Å². The molecule has 70 valence electrons. The molecule has 0 saturated carbocycles. The third-order valence-corrected chi connectivity index (χ3v) is 2.57. The smallest absolute Gasteiger partial charge is 0.0896 e. The molecule has 0 bridgehead atoms. The molecular weight excluding hydrogens is 287 g/mol. The number of nitrogens with zero attached hydrogens (tertiary/aromatic N) is 2. The first-order chi connectivity index (χ1) is 6.75. The Morgan fingerprint density at radius 2 is 1.64 bits per heavy atom. The van der Waals surface area contributed by atoms with Gasteiger partial charge in [0.2, 0.25) is 0 Å². The molecule has 0 unspecified atom stereocenters. The zero-order valence-electron chi connectivity index (χ0n) is 7.74. The second-order valence-electron chi connectivity index (χ2n) is 3.08. The van der Waals surface area contributed by atoms with Crippen molar-refractivity contribution in [2.24, 2.45) is 0 Å². The van der Waals surface area contributed by atoms with Gasteiger partial charge in [-0.25, -0.2) is 0 Å². The van der Waals surface area contributed by atoms with Crippen molar-refractivity contribution in [3.05, 3.63) is 45.8 Å². The molecule has 0 atom stereocenters. The lowest BCUT2D eigenvalue weighted by molar-refractivity contribution is 1.22. The minimum Gasteiger partial charge on any atom is -0.255 e. The molecule has 0 amide bonds. The van der Waals surface area contributed by atoms with Gasteiger partial charge in [0, 0.05) is 16.0 Å². The van der Waals surface area contributed by atoms with Gasteiger partial charge >= 0.3 is 0 Å². The van der Waals surface area contributed by atoms with Gasteiger partial charge in [0.15, 0.2) is 0 Å². The molecule has 0 N–H and O–H groups in total. The summed E-state index contributed by atoms with van der Waals surface area (Å²) in [7, 11) is 0. The Kier molecular flexibility index (Phi) is 2.77. The molecule has 3 heteroatoms. The highest BCUT2D eigenvalue weighted by molar-refractivity contribution is 14.1. The second-order valence-corrected chi connectivity index (χ2v) is 4.32. The number of rotatable bonds is 1. The Morgan fingerprint density at radius 3 is 2.29 bits per heavy atom. The number of halogens is 1. The van der Waals surface area contributed by atoms with Crippen molar-refractivity contribution in [2.75, 3.05) is 0 Å². The van der Waals surface area contributed by atoms with E-state index in [-0.39, 0.29) is 0 Å². The van der Waals surface area contributed by atoms with Gasteiger partial charge in [-0.2, -0.15) is 0 Å². The van der Waals surface area contributed by atoms with E-state index in [4.69, 9.17) is 0 Å². The lowest BCUT2D eigenvalue weighted by Crippen LogP contribution is -1.88. The summed E-state index contributed by atoms with van der Waals surface area (Å²) in [6, 6.07) is 8.03. The number of pyridine rings is 2. The van der Waals surface area contributed by atoms with Crippen LogP contribution in [0.5, 0.6) is 0 Å². The summed E-state index contributed by atoms with van der Waals surface area (Å²) < 4.78 is 1.18. The van der Waals surface area contributed by atoms with E-state index < -0.39 is 0 Å². The van der Waals surface area contributed by atoms with Crippen molar-refractivity contribution < 1.29 is 0 Å². The van der Waals surface area contributed by atoms with Crippen molar-refractivity contribution in [3.63, 3.8) is 0 Å². The van der Waals surface area contributed by atoms with E-state index >= 15 is 0 Å². The third kappa shape index (κ3) is 2.09. The highest BCUT2D eigenvalue weighted by Crippen LogP contribution is 2.16. The van der Waals surface area contributed by atoms with E-state index in [1.807, 2.05) is 30.5 Å². The average molecular weight is 296 g/mol. The first-order valence-corrected chi connectivity index (χ1v) is 5.38. The molecule has 14 heavy (non-hydrogen) atoms. The van der Waals surface area contributed by atoms with E-state index in [2.05, 4.69) is 39.5 Å². The maximum atomic E-state index is 4.29. The fourth-order valence-corrected chi connectivity index (χ4v) is 1.68. The molecule has 2 aromatic rings. The van der Waals surface area contributed by atoms with E-state index in [0.717, 1.165) is 11.4 Å². The monoisotopic (exact) mass is 296 g/mol. The summed E-state index contributed by atoms with van der Waals surface area (Å²) in [5.74, 6) is 0. The van der Waals surface area contributed by atoms with Crippen LogP contribution in [0.4, 0.5) is 0 Å². The number of hydrogen-bond acceptors (Lipinski definition) is 2. The normalized spacial score (nSPS) is 10.1. The van der Waals surface area contributed by atoms with Gasteiger partial charge in [-0.1, -0.05) is 0 Å². The van der Waals surface area contributed by atoms with Crippen LogP contribution in [0.2, 0.25) is 0 Å². The molecule has 2 heterocycles. The molecular formula is C11H9IN2. The predicted octanol–water partition coefficient (Wildman–Crippen LogP) is 3.06. The van der Waals surface area contributed by atoms with Gasteiger partial charge in [0.1, 0.15) is 0 Å². The van der Waals surface area contributed by atoms with Gasteiger partial charge in [0.25, 0.3) is 0 Å². The predicted molar refractivity (Wildman–Crippen MR) is 64.9 cm³/mol. The summed E-state index contributed by atoms with van der Waals surface area (Å²) in [5, 5.41) is 0. The van der Waals surface area contributed by atoms with Crippen LogP contribution in [0.3, 0.4) is 0 Å². The fraction of sp³-hybridized carbons (Fsp3) is 0.0909. The molecule has 2 aromatic heterocycles. The second kappa shape index (κ2) is 4.04. The van der Waals surface area contributed by atoms with Gasteiger partial charge < -0.3 is 0 Å². The highest BCUT2D eigenvalue weighted by atomic mass is 127. The van der Waals surface area contributed by atoms with Crippen LogP contribution in [0.15, 0.2) is 36.7 Å². The van der Waals surface area contributed by atoms with Crippen LogP contribution in [-0.2, 0) is 0 Å². The molecule has 0 fully saturated rings. The topological polar surface area (TPSA) is 25.8 Å². The number of aromatic nitrogens is 2. The first-order valence-electron chi connectivity index (χ1n) is 4.30. The van der Waals surface area contributed by atoms with Crippen LogP contribution in [0.1, 0.15) is 5.56 Å². The van der Waals surface area contributed by atoms with Crippen LogP contribution >= 0.6 is 22.6 Å². The maximum absolute atomic E-state index is 4.29. The van der Waals surface area contributed by atoms with Crippen molar-refractivity contribution in [3.8, 4) is 11.4 Å². The van der Waals surface area contributed by atoms with Gasteiger partial charge in [-0.3, -0.25) is 9.97 Å². The molecule has 0 aliphatic carbocycles. The Bertz CT molecular complexity index is 411. The quantitative estimate of drug-likeness (QED) is 0.756. The lowest BCUT2D eigenvalue weighted by atomic mass is 10.2. The van der Waals surface area contributed by atoms with E-state index in [1.165, 1.54) is 9.13 Å². The van der Waals surface area contributed by atoms with Crippen LogP contribution in [0, 0.1) is 10.5 Å². The summed E-state index contributed by atoms with van der Waals surface area (Å²) in [6.07, 6.45) is 3.62. The average Bonchev–Trinajstić information content (AvgIpc) is 2.18. The van der Waals surface area contributed by atoms with Gasteiger partial charge in [0.05, 0.1) is 11.4 Å². The Morgan fingerprint density at radius 1 is 1.00 bits per heavy atom. The SMILES string of the molecule is Cc1ccnc(-c2cc(I)ccn2)c1. The Balaban J connectivity index is 2.49. The molecule has 0 radical (unpaired) electrons. The minimum absolute atomic E-state index is 0.931. The molecule has 0 aliphatic heterocycles. The van der Waals surface area contributed by atoms with Crippen molar-refractivity contribution >= 4 is 22.6 Å². The highest BCUT2D eigenvalue weighted by Gasteiger charge is 2.00. The van der Waals surface area contributed by atoms with Crippen LogP contribution in [0.25, 0.3) is 11.4 Å². The Hall–Kier alpha value is -0.970. The van der Waals surface area contributed by atoms with Crippen LogP contribution in [-0.4, -0.2) is 9.97 Å². The molecule has 0 aromatic carbocycles. The number of hydrogen-bond donors (Lipinski definition) is 0. The summed E-state index contributed by atoms with van der Waals surface area (Å²) in [4.78, 5) is 8.57. The molecule has 0 spiro atoms. The Labute approximate surface area is 96.6 Å². The van der Waals surface area contributed by atoms with Crippen LogP contribution < -0.4 is 0 Å². The number of aryl methyl sites for hydroxylation is 1. The van der Waals surface area contributed by atoms with Crippen molar-refractivity contribution in [2.45, 2.75) is 6.92 Å². The third-order valence-electron chi connectivity index (χ3n) is 1.90. The molecule has 2 rings (SSSR count). The van der Waals surface area contributed by atoms with E-state index in [9.17, 15) is 0 Å². The first kappa shape index (κ1) is 9.58. The van der Waals surface area contributed by atoms with Crippen molar-refractivity contribution in [1.82, 2.24) is 9.97 Å². The lowest BCUT2D eigenvalue weighted by Gasteiger charge is -2.00. The minimum atomic E-state index is 0.931. The summed E-state index contributed by atoms with van der Waals surface area (Å²) in [6.45, 7) is 2.05. The summed E-state index contributed by atoms with van der Waals surface area (Å²) in [5.41, 5.74) is 3.07. The molecule has 0 saturated heterocycles. The molecule has 2 nitrogen and oxygen atoms in total. The maximum Gasteiger partial charge on any atom is 0.0896 e. The summed E-state index contributed by atoms with van der Waals surface area (Å²) >= 11 is 2.27. The largest absolute Gasteiger partial charge is 0.255 e. The van der Waals surface area contributed by atoms with Crippen molar-refractivity contribution in [1.29, 1.82) is 0 Å². The fourth-order valence-electron chi connectivity index (χ4n) is 1.22. The van der Waals surface area contributed by atoms with E-state index in [0.29, 0.717) is 0 Å². The zero-order valence-corrected chi connectivity index (χ0v) is 9.89. The van der Waals surface area contributed by atoms with Gasteiger partial charge in [-0.05, 0) is 59.3 Å². The molecule has 0 aliphatic rings. The zero-order chi connectivity index (χ0) is 9.97. The standard InChI is InChI=1S/C11H9IN2/c1-8-2-4-13-10(6-8)11-7-9(12)3-5-14-11/h2-7H,1H3.